The van der Waals surface area contributed by atoms with Crippen molar-refractivity contribution in [3.05, 3.63) is 41.2 Å². The van der Waals surface area contributed by atoms with Crippen LogP contribution in [0.5, 0.6) is 0 Å². The van der Waals surface area contributed by atoms with Crippen molar-refractivity contribution < 1.29 is 9.18 Å². The van der Waals surface area contributed by atoms with Crippen LogP contribution >= 0.6 is 11.3 Å². The van der Waals surface area contributed by atoms with Gasteiger partial charge in [0, 0.05) is 23.1 Å². The molecule has 0 amide bonds. The summed E-state index contributed by atoms with van der Waals surface area (Å²) in [5.74, 6) is -0.278. The summed E-state index contributed by atoms with van der Waals surface area (Å²) in [7, 11) is 0. The first-order valence-corrected chi connectivity index (χ1v) is 5.25. The highest BCUT2D eigenvalue weighted by Gasteiger charge is 2.04. The van der Waals surface area contributed by atoms with Gasteiger partial charge in [0.1, 0.15) is 17.1 Å². The zero-order chi connectivity index (χ0) is 10.7. The number of nitrogens with zero attached hydrogens (tertiary/aromatic N) is 1. The topological polar surface area (TPSA) is 30.0 Å². The van der Waals surface area contributed by atoms with Crippen LogP contribution in [0.25, 0.3) is 10.6 Å². The lowest BCUT2D eigenvalue weighted by atomic mass is 10.2. The summed E-state index contributed by atoms with van der Waals surface area (Å²) in [4.78, 5) is 15.3. The second-order valence-electron chi connectivity index (χ2n) is 3.01. The lowest BCUT2D eigenvalue weighted by Gasteiger charge is -1.94. The number of aromatic nitrogens is 1. The average molecular weight is 221 g/mol. The first kappa shape index (κ1) is 9.98. The van der Waals surface area contributed by atoms with Gasteiger partial charge < -0.3 is 4.79 Å². The Hall–Kier alpha value is -1.55. The highest BCUT2D eigenvalue weighted by molar-refractivity contribution is 7.15. The molecule has 0 saturated carbocycles. The van der Waals surface area contributed by atoms with Crippen molar-refractivity contribution in [3.63, 3.8) is 0 Å². The highest BCUT2D eigenvalue weighted by Crippen LogP contribution is 2.25. The van der Waals surface area contributed by atoms with Crippen LogP contribution < -0.4 is 0 Å². The van der Waals surface area contributed by atoms with Crippen molar-refractivity contribution in [2.24, 2.45) is 0 Å². The number of carbonyl (C=O) groups excluding carboxylic acids is 1. The van der Waals surface area contributed by atoms with Crippen molar-refractivity contribution in [2.75, 3.05) is 0 Å². The first-order chi connectivity index (χ1) is 7.29. The van der Waals surface area contributed by atoms with Crippen LogP contribution in [0.15, 0.2) is 30.5 Å². The van der Waals surface area contributed by atoms with Crippen LogP contribution in [0.4, 0.5) is 4.39 Å². The van der Waals surface area contributed by atoms with E-state index in [1.165, 1.54) is 23.5 Å². The summed E-state index contributed by atoms with van der Waals surface area (Å²) in [6.07, 6.45) is 2.86. The molecule has 15 heavy (non-hydrogen) atoms. The number of thiazole rings is 1. The molecule has 0 bridgehead atoms. The van der Waals surface area contributed by atoms with Crippen LogP contribution in [0.1, 0.15) is 4.88 Å². The predicted molar refractivity (Wildman–Crippen MR) is 57.3 cm³/mol. The monoisotopic (exact) mass is 221 g/mol. The molecule has 0 saturated heterocycles. The molecular formula is C11H8FNOS. The van der Waals surface area contributed by atoms with Gasteiger partial charge in [-0.3, -0.25) is 0 Å². The largest absolute Gasteiger partial charge is 0.303 e. The number of benzene rings is 1. The van der Waals surface area contributed by atoms with Crippen molar-refractivity contribution in [1.82, 2.24) is 4.98 Å². The fourth-order valence-electron chi connectivity index (χ4n) is 1.24. The SMILES string of the molecule is O=CCc1cnc(-c2cccc(F)c2)s1. The van der Waals surface area contributed by atoms with Gasteiger partial charge in [0.05, 0.1) is 0 Å². The van der Waals surface area contributed by atoms with Gasteiger partial charge in [-0.15, -0.1) is 11.3 Å². The van der Waals surface area contributed by atoms with Crippen LogP contribution in [0, 0.1) is 5.82 Å². The molecule has 0 fully saturated rings. The van der Waals surface area contributed by atoms with Crippen molar-refractivity contribution >= 4 is 17.6 Å². The van der Waals surface area contributed by atoms with Crippen molar-refractivity contribution in [3.8, 4) is 10.6 Å². The molecule has 0 radical (unpaired) electrons. The minimum atomic E-state index is -0.278. The minimum Gasteiger partial charge on any atom is -0.303 e. The highest BCUT2D eigenvalue weighted by atomic mass is 32.1. The van der Waals surface area contributed by atoms with Gasteiger partial charge in [0.15, 0.2) is 0 Å². The number of aldehydes is 1. The van der Waals surface area contributed by atoms with E-state index in [1.54, 1.807) is 18.3 Å². The predicted octanol–water partition coefficient (Wildman–Crippen LogP) is 2.69. The Labute approximate surface area is 90.4 Å². The Morgan fingerprint density at radius 3 is 3.07 bits per heavy atom. The molecule has 0 aliphatic heterocycles. The van der Waals surface area contributed by atoms with Gasteiger partial charge >= 0.3 is 0 Å². The molecule has 1 heterocycles. The standard InChI is InChI=1S/C11H8FNOS/c12-9-3-1-2-8(6-9)11-13-7-10(15-11)4-5-14/h1-3,5-7H,4H2. The number of hydrogen-bond acceptors (Lipinski definition) is 3. The Morgan fingerprint density at radius 2 is 2.33 bits per heavy atom. The van der Waals surface area contributed by atoms with Gasteiger partial charge in [-0.25, -0.2) is 9.37 Å². The van der Waals surface area contributed by atoms with E-state index < -0.39 is 0 Å². The molecule has 2 aromatic rings. The van der Waals surface area contributed by atoms with Crippen LogP contribution in [0.2, 0.25) is 0 Å². The van der Waals surface area contributed by atoms with E-state index in [0.29, 0.717) is 6.42 Å². The summed E-state index contributed by atoms with van der Waals surface area (Å²) in [6, 6.07) is 6.27. The Bertz CT molecular complexity index is 481. The summed E-state index contributed by atoms with van der Waals surface area (Å²) < 4.78 is 12.9. The van der Waals surface area contributed by atoms with E-state index in [1.807, 2.05) is 0 Å². The Kier molecular flexibility index (Phi) is 2.87. The van der Waals surface area contributed by atoms with E-state index in [2.05, 4.69) is 4.98 Å². The molecule has 0 aliphatic rings. The van der Waals surface area contributed by atoms with E-state index in [-0.39, 0.29) is 5.82 Å². The zero-order valence-corrected chi connectivity index (χ0v) is 8.63. The lowest BCUT2D eigenvalue weighted by Crippen LogP contribution is -1.77. The molecule has 0 unspecified atom stereocenters. The molecule has 0 spiro atoms. The fraction of sp³-hybridized carbons (Fsp3) is 0.0909. The van der Waals surface area contributed by atoms with Crippen molar-refractivity contribution in [2.45, 2.75) is 6.42 Å². The molecule has 2 nitrogen and oxygen atoms in total. The Balaban J connectivity index is 2.32. The lowest BCUT2D eigenvalue weighted by molar-refractivity contribution is -0.107. The van der Waals surface area contributed by atoms with Gasteiger partial charge in [-0.05, 0) is 12.1 Å². The quantitative estimate of drug-likeness (QED) is 0.746. The summed E-state index contributed by atoms with van der Waals surface area (Å²) >= 11 is 1.41. The minimum absolute atomic E-state index is 0.278. The third-order valence-corrected chi connectivity index (χ3v) is 2.98. The second kappa shape index (κ2) is 4.31. The third-order valence-electron chi connectivity index (χ3n) is 1.91. The number of hydrogen-bond donors (Lipinski definition) is 0. The smallest absolute Gasteiger partial charge is 0.125 e. The Morgan fingerprint density at radius 1 is 1.47 bits per heavy atom. The number of halogens is 1. The number of carbonyl (C=O) groups is 1. The maximum absolute atomic E-state index is 12.9. The maximum atomic E-state index is 12.9. The maximum Gasteiger partial charge on any atom is 0.125 e. The summed E-state index contributed by atoms with van der Waals surface area (Å²) in [5.41, 5.74) is 0.747. The normalized spacial score (nSPS) is 10.2. The van der Waals surface area contributed by atoms with Gasteiger partial charge in [-0.1, -0.05) is 12.1 Å². The molecular weight excluding hydrogens is 213 g/mol. The van der Waals surface area contributed by atoms with E-state index in [4.69, 9.17) is 0 Å². The van der Waals surface area contributed by atoms with E-state index >= 15 is 0 Å². The van der Waals surface area contributed by atoms with Gasteiger partial charge in [-0.2, -0.15) is 0 Å². The first-order valence-electron chi connectivity index (χ1n) is 4.44. The van der Waals surface area contributed by atoms with Crippen LogP contribution in [-0.2, 0) is 11.2 Å². The van der Waals surface area contributed by atoms with Gasteiger partial charge in [0.25, 0.3) is 0 Å². The second-order valence-corrected chi connectivity index (χ2v) is 4.13. The molecule has 2 rings (SSSR count). The third kappa shape index (κ3) is 2.27. The van der Waals surface area contributed by atoms with E-state index in [0.717, 1.165) is 21.7 Å². The summed E-state index contributed by atoms with van der Waals surface area (Å²) in [5, 5.41) is 0.742. The molecule has 4 heteroatoms. The van der Waals surface area contributed by atoms with E-state index in [9.17, 15) is 9.18 Å². The molecule has 1 aromatic heterocycles. The summed E-state index contributed by atoms with van der Waals surface area (Å²) in [6.45, 7) is 0. The molecule has 0 atom stereocenters. The molecule has 0 N–H and O–H groups in total. The molecule has 1 aromatic carbocycles. The molecule has 0 aliphatic carbocycles. The van der Waals surface area contributed by atoms with Crippen molar-refractivity contribution in [1.29, 1.82) is 0 Å². The van der Waals surface area contributed by atoms with Crippen LogP contribution in [-0.4, -0.2) is 11.3 Å². The number of rotatable bonds is 3. The zero-order valence-electron chi connectivity index (χ0n) is 7.81. The molecule has 76 valence electrons. The average Bonchev–Trinajstić information content (AvgIpc) is 2.67. The van der Waals surface area contributed by atoms with Crippen LogP contribution in [0.3, 0.4) is 0 Å². The van der Waals surface area contributed by atoms with Gasteiger partial charge in [0.2, 0.25) is 0 Å². The fourth-order valence-corrected chi connectivity index (χ4v) is 2.09.